The van der Waals surface area contributed by atoms with Crippen LogP contribution in [0, 0.1) is 0 Å². The van der Waals surface area contributed by atoms with Crippen molar-refractivity contribution < 1.29 is 33.3 Å². The van der Waals surface area contributed by atoms with Crippen LogP contribution in [0.3, 0.4) is 0 Å². The predicted octanol–water partition coefficient (Wildman–Crippen LogP) is -0.501. The van der Waals surface area contributed by atoms with E-state index in [9.17, 15) is 24.0 Å². The smallest absolute Gasteiger partial charge is 0.330 e. The van der Waals surface area contributed by atoms with Gasteiger partial charge in [-0.25, -0.2) is 4.79 Å². The van der Waals surface area contributed by atoms with Crippen LogP contribution in [0.5, 0.6) is 0 Å². The van der Waals surface area contributed by atoms with Crippen LogP contribution >= 0.6 is 0 Å². The summed E-state index contributed by atoms with van der Waals surface area (Å²) in [6.07, 6.45) is -3.51. The molecule has 0 radical (unpaired) electrons. The molecule has 156 valence electrons. The molecule has 14 heteroatoms. The first-order valence-corrected chi connectivity index (χ1v) is 8.13. The lowest BCUT2D eigenvalue weighted by Crippen LogP contribution is -2.49. The maximum Gasteiger partial charge on any atom is 0.330 e. The van der Waals surface area contributed by atoms with Crippen LogP contribution in [0.2, 0.25) is 0 Å². The summed E-state index contributed by atoms with van der Waals surface area (Å²) in [7, 11) is 0. The number of H-pyrrole nitrogens is 1. The first kappa shape index (κ1) is 21.7. The van der Waals surface area contributed by atoms with Gasteiger partial charge in [0.25, 0.3) is 5.56 Å². The van der Waals surface area contributed by atoms with Crippen molar-refractivity contribution >= 4 is 17.9 Å². The summed E-state index contributed by atoms with van der Waals surface area (Å²) in [4.78, 5) is 62.7. The number of aromatic amines is 1. The highest BCUT2D eigenvalue weighted by Crippen LogP contribution is 2.42. The summed E-state index contributed by atoms with van der Waals surface area (Å²) in [6, 6.07) is 0.996. The van der Waals surface area contributed by atoms with Crippen LogP contribution in [0.15, 0.2) is 27.0 Å². The zero-order valence-electron chi connectivity index (χ0n) is 15.6. The molecule has 14 nitrogen and oxygen atoms in total. The minimum absolute atomic E-state index is 0.703. The number of carbonyl (C=O) groups is 3. The third-order valence-corrected chi connectivity index (χ3v) is 3.77. The third-order valence-electron chi connectivity index (χ3n) is 3.77. The van der Waals surface area contributed by atoms with Gasteiger partial charge in [-0.2, -0.15) is 0 Å². The first-order valence-electron chi connectivity index (χ1n) is 8.13. The van der Waals surface area contributed by atoms with Gasteiger partial charge in [-0.05, 0) is 5.53 Å². The second-order valence-corrected chi connectivity index (χ2v) is 5.94. The van der Waals surface area contributed by atoms with Gasteiger partial charge in [0.05, 0.1) is 0 Å². The van der Waals surface area contributed by atoms with Crippen molar-refractivity contribution in [3.05, 3.63) is 43.5 Å². The molecule has 1 aromatic rings. The molecule has 0 saturated carbocycles. The fourth-order valence-corrected chi connectivity index (χ4v) is 2.75. The minimum atomic E-state index is -2.16. The molecule has 0 aliphatic carbocycles. The average molecular weight is 411 g/mol. The molecule has 3 unspecified atom stereocenters. The second-order valence-electron chi connectivity index (χ2n) is 5.94. The zero-order valence-corrected chi connectivity index (χ0v) is 15.6. The van der Waals surface area contributed by atoms with Crippen molar-refractivity contribution in [3.63, 3.8) is 0 Å². The lowest BCUT2D eigenvalue weighted by Gasteiger charge is -2.29. The topological polar surface area (TPSA) is 192 Å². The van der Waals surface area contributed by atoms with E-state index in [1.807, 2.05) is 4.98 Å². The van der Waals surface area contributed by atoms with Gasteiger partial charge in [-0.15, -0.1) is 0 Å². The summed E-state index contributed by atoms with van der Waals surface area (Å²) >= 11 is 0. The highest BCUT2D eigenvalue weighted by atomic mass is 16.7. The van der Waals surface area contributed by atoms with Crippen LogP contribution in [0.25, 0.3) is 10.4 Å². The number of nitrogens with one attached hydrogen (secondary N) is 1. The van der Waals surface area contributed by atoms with E-state index in [1.165, 1.54) is 0 Å². The van der Waals surface area contributed by atoms with E-state index in [4.69, 9.17) is 24.5 Å². The fraction of sp³-hybridized carbons (Fsp3) is 0.533. The number of carbonyl (C=O) groups excluding carboxylic acids is 3. The van der Waals surface area contributed by atoms with E-state index in [0.29, 0.717) is 0 Å². The Balaban J connectivity index is 2.65. The van der Waals surface area contributed by atoms with Crippen LogP contribution < -0.4 is 11.2 Å². The molecule has 29 heavy (non-hydrogen) atoms. The molecule has 4 atom stereocenters. The Morgan fingerprint density at radius 3 is 2.41 bits per heavy atom. The molecule has 0 amide bonds. The molecule has 0 spiro atoms. The Bertz CT molecular complexity index is 979. The Hall–Kier alpha value is -3.64. The molecule has 1 saturated heterocycles. The van der Waals surface area contributed by atoms with Crippen molar-refractivity contribution in [1.29, 1.82) is 0 Å². The number of hydrogen-bond donors (Lipinski definition) is 1. The Labute approximate surface area is 161 Å². The van der Waals surface area contributed by atoms with Gasteiger partial charge in [-0.1, -0.05) is 5.11 Å². The number of azide groups is 1. The van der Waals surface area contributed by atoms with Crippen LogP contribution in [0.1, 0.15) is 27.0 Å². The summed E-state index contributed by atoms with van der Waals surface area (Å²) in [5.41, 5.74) is 5.20. The van der Waals surface area contributed by atoms with Crippen molar-refractivity contribution in [2.75, 3.05) is 6.61 Å². The lowest BCUT2D eigenvalue weighted by atomic mass is 10.0. The van der Waals surface area contributed by atoms with E-state index < -0.39 is 59.9 Å². The van der Waals surface area contributed by atoms with Gasteiger partial charge in [-0.3, -0.25) is 28.7 Å². The quantitative estimate of drug-likeness (QED) is 0.211. The maximum atomic E-state index is 12.2. The molecule has 1 aromatic heterocycles. The van der Waals surface area contributed by atoms with E-state index in [2.05, 4.69) is 10.0 Å². The number of esters is 3. The molecule has 1 fully saturated rings. The van der Waals surface area contributed by atoms with Crippen molar-refractivity contribution in [2.45, 2.75) is 44.9 Å². The fourth-order valence-electron chi connectivity index (χ4n) is 2.75. The number of nitrogens with zero attached hydrogens (tertiary/aromatic N) is 4. The van der Waals surface area contributed by atoms with Crippen LogP contribution in [-0.2, 0) is 33.3 Å². The summed E-state index contributed by atoms with van der Waals surface area (Å²) in [5.74, 6) is -2.45. The zero-order chi connectivity index (χ0) is 21.8. The molecular weight excluding hydrogens is 394 g/mol. The van der Waals surface area contributed by atoms with Gasteiger partial charge in [0.15, 0.2) is 18.4 Å². The molecule has 1 aliphatic heterocycles. The number of aromatic nitrogens is 2. The largest absolute Gasteiger partial charge is 0.462 e. The van der Waals surface area contributed by atoms with Crippen molar-refractivity contribution in [2.24, 2.45) is 5.11 Å². The highest BCUT2D eigenvalue weighted by Gasteiger charge is 2.61. The van der Waals surface area contributed by atoms with Gasteiger partial charge < -0.3 is 18.9 Å². The van der Waals surface area contributed by atoms with Crippen LogP contribution in [-0.4, -0.2) is 52.0 Å². The van der Waals surface area contributed by atoms with Crippen molar-refractivity contribution in [1.82, 2.24) is 9.55 Å². The Kier molecular flexibility index (Phi) is 6.41. The maximum absolute atomic E-state index is 12.2. The number of hydrogen-bond acceptors (Lipinski definition) is 10. The van der Waals surface area contributed by atoms with E-state index >= 15 is 0 Å². The highest BCUT2D eigenvalue weighted by molar-refractivity contribution is 5.68. The molecule has 0 bridgehead atoms. The third kappa shape index (κ3) is 4.80. The van der Waals surface area contributed by atoms with E-state index in [-0.39, 0.29) is 0 Å². The average Bonchev–Trinajstić information content (AvgIpc) is 2.87. The van der Waals surface area contributed by atoms with Crippen molar-refractivity contribution in [3.8, 4) is 0 Å². The van der Waals surface area contributed by atoms with Gasteiger partial charge in [0.1, 0.15) is 6.61 Å². The van der Waals surface area contributed by atoms with E-state index in [0.717, 1.165) is 37.6 Å². The molecule has 2 rings (SSSR count). The van der Waals surface area contributed by atoms with Gasteiger partial charge >= 0.3 is 23.6 Å². The molecular formula is C15H17N5O9. The molecule has 1 N–H and O–H groups in total. The summed E-state index contributed by atoms with van der Waals surface area (Å²) < 4.78 is 21.7. The monoisotopic (exact) mass is 411 g/mol. The summed E-state index contributed by atoms with van der Waals surface area (Å²) in [5, 5.41) is 3.47. The molecule has 0 aromatic carbocycles. The van der Waals surface area contributed by atoms with E-state index in [1.54, 1.807) is 0 Å². The minimum Gasteiger partial charge on any atom is -0.462 e. The van der Waals surface area contributed by atoms with Gasteiger partial charge in [0, 0.05) is 37.9 Å². The Morgan fingerprint density at radius 2 is 1.90 bits per heavy atom. The first-order chi connectivity index (χ1) is 13.6. The number of ether oxygens (including phenoxy) is 4. The lowest BCUT2D eigenvalue weighted by molar-refractivity contribution is -0.176. The van der Waals surface area contributed by atoms with Crippen LogP contribution in [0.4, 0.5) is 0 Å². The normalized spacial score (nSPS) is 25.6. The Morgan fingerprint density at radius 1 is 1.24 bits per heavy atom. The standard InChI is InChI=1S/C15H17N5O9/c1-7(21)26-6-15(18-19-16)12(28-9(3)23)11(27-8(2)22)13(29-15)20-5-4-10(24)17-14(20)25/h4-5,11-13H,6H2,1-3H3,(H,17,24,25)/t11?,12?,13?,15-/m1/s1. The molecule has 2 heterocycles. The summed E-state index contributed by atoms with van der Waals surface area (Å²) in [6.45, 7) is 2.46. The second kappa shape index (κ2) is 8.58. The predicted molar refractivity (Wildman–Crippen MR) is 91.1 cm³/mol. The van der Waals surface area contributed by atoms with Gasteiger partial charge in [0.2, 0.25) is 5.72 Å². The molecule has 1 aliphatic rings. The SMILES string of the molecule is CC(=O)OC[C@@]1(N=[N+]=[N-])OC(n2ccc(=O)[nH]c2=O)C(OC(C)=O)C1OC(C)=O. The number of rotatable bonds is 6.